The van der Waals surface area contributed by atoms with Gasteiger partial charge >= 0.3 is 0 Å². The Morgan fingerprint density at radius 2 is 1.78 bits per heavy atom. The fourth-order valence-corrected chi connectivity index (χ4v) is 3.46. The van der Waals surface area contributed by atoms with Crippen molar-refractivity contribution in [3.63, 3.8) is 0 Å². The maximum Gasteiger partial charge on any atom is 0.232 e. The number of thioether (sulfide) groups is 1. The van der Waals surface area contributed by atoms with Gasteiger partial charge in [0.15, 0.2) is 0 Å². The number of nitrogen functional groups attached to an aromatic ring is 1. The molecular weight excluding hydrogens is 363 g/mol. The summed E-state index contributed by atoms with van der Waals surface area (Å²) in [5.41, 5.74) is 7.42. The molecule has 0 aliphatic heterocycles. The van der Waals surface area contributed by atoms with Crippen molar-refractivity contribution >= 4 is 40.2 Å². The zero-order chi connectivity index (χ0) is 18.6. The van der Waals surface area contributed by atoms with Crippen LogP contribution in [0.1, 0.15) is 5.82 Å². The maximum absolute atomic E-state index is 13.0. The predicted octanol–water partition coefficient (Wildman–Crippen LogP) is 4.18. The van der Waals surface area contributed by atoms with Crippen molar-refractivity contribution in [1.82, 2.24) is 19.9 Å². The van der Waals surface area contributed by atoms with Crippen LogP contribution in [0.15, 0.2) is 65.7 Å². The first-order valence-electron chi connectivity index (χ1n) is 8.17. The quantitative estimate of drug-likeness (QED) is 0.504. The Kier molecular flexibility index (Phi) is 4.80. The number of pyridine rings is 1. The molecule has 134 valence electrons. The van der Waals surface area contributed by atoms with Crippen molar-refractivity contribution in [1.29, 1.82) is 0 Å². The average molecular weight is 378 g/mol. The number of benzene rings is 2. The maximum atomic E-state index is 13.0. The van der Waals surface area contributed by atoms with Crippen LogP contribution in [-0.2, 0) is 5.75 Å². The first kappa shape index (κ1) is 17.2. The summed E-state index contributed by atoms with van der Waals surface area (Å²) in [6.07, 6.45) is 1.79. The molecule has 8 heteroatoms. The van der Waals surface area contributed by atoms with Crippen LogP contribution < -0.4 is 11.1 Å². The molecule has 0 atom stereocenters. The van der Waals surface area contributed by atoms with Crippen molar-refractivity contribution in [2.24, 2.45) is 0 Å². The number of hydrogen-bond acceptors (Lipinski definition) is 7. The number of aromatic nitrogens is 4. The van der Waals surface area contributed by atoms with Crippen molar-refractivity contribution in [3.05, 3.63) is 72.4 Å². The molecule has 0 radical (unpaired) electrons. The van der Waals surface area contributed by atoms with Gasteiger partial charge in [-0.1, -0.05) is 18.2 Å². The van der Waals surface area contributed by atoms with E-state index < -0.39 is 0 Å². The molecule has 0 unspecified atom stereocenters. The van der Waals surface area contributed by atoms with Gasteiger partial charge in [-0.3, -0.25) is 4.98 Å². The van der Waals surface area contributed by atoms with E-state index in [-0.39, 0.29) is 11.8 Å². The standard InChI is InChI=1S/C19H15FN6S/c20-12-5-7-13(8-6-12)23-19-25-17(24-18(21)26-19)11-27-16-9-10-22-15-4-2-1-3-14(15)16/h1-10H,11H2,(H3,21,23,24,25,26). The number of rotatable bonds is 5. The second-order valence-electron chi connectivity index (χ2n) is 5.68. The lowest BCUT2D eigenvalue weighted by Crippen LogP contribution is -2.06. The van der Waals surface area contributed by atoms with Crippen molar-refractivity contribution in [3.8, 4) is 0 Å². The predicted molar refractivity (Wildman–Crippen MR) is 105 cm³/mol. The van der Waals surface area contributed by atoms with Gasteiger partial charge in [-0.05, 0) is 36.4 Å². The number of halogens is 1. The molecular formula is C19H15FN6S. The van der Waals surface area contributed by atoms with Crippen molar-refractivity contribution in [2.45, 2.75) is 10.6 Å². The second kappa shape index (κ2) is 7.55. The molecule has 0 saturated heterocycles. The van der Waals surface area contributed by atoms with Gasteiger partial charge in [-0.15, -0.1) is 11.8 Å². The molecule has 2 aromatic carbocycles. The summed E-state index contributed by atoms with van der Waals surface area (Å²) < 4.78 is 13.0. The first-order valence-corrected chi connectivity index (χ1v) is 9.15. The lowest BCUT2D eigenvalue weighted by Gasteiger charge is -2.08. The summed E-state index contributed by atoms with van der Waals surface area (Å²) in [6.45, 7) is 0. The SMILES string of the molecule is Nc1nc(CSc2ccnc3ccccc23)nc(Nc2ccc(F)cc2)n1. The molecule has 0 amide bonds. The van der Waals surface area contributed by atoms with Crippen LogP contribution in [0.3, 0.4) is 0 Å². The fourth-order valence-electron chi connectivity index (χ4n) is 2.56. The topological polar surface area (TPSA) is 89.6 Å². The van der Waals surface area contributed by atoms with Gasteiger partial charge in [0.05, 0.1) is 11.3 Å². The Morgan fingerprint density at radius 1 is 0.963 bits per heavy atom. The van der Waals surface area contributed by atoms with Crippen LogP contribution >= 0.6 is 11.8 Å². The van der Waals surface area contributed by atoms with Gasteiger partial charge in [0, 0.05) is 22.2 Å². The van der Waals surface area contributed by atoms with Gasteiger partial charge in [-0.25, -0.2) is 4.39 Å². The van der Waals surface area contributed by atoms with E-state index in [4.69, 9.17) is 5.73 Å². The van der Waals surface area contributed by atoms with Crippen LogP contribution in [0.4, 0.5) is 22.0 Å². The third-order valence-electron chi connectivity index (χ3n) is 3.77. The summed E-state index contributed by atoms with van der Waals surface area (Å²) >= 11 is 1.60. The number of nitrogens with zero attached hydrogens (tertiary/aromatic N) is 4. The molecule has 0 aliphatic rings. The molecule has 0 fully saturated rings. The number of hydrogen-bond donors (Lipinski definition) is 2. The third kappa shape index (κ3) is 4.12. The van der Waals surface area contributed by atoms with Gasteiger partial charge in [0.2, 0.25) is 11.9 Å². The van der Waals surface area contributed by atoms with Gasteiger partial charge in [0.1, 0.15) is 11.6 Å². The molecule has 6 nitrogen and oxygen atoms in total. The minimum Gasteiger partial charge on any atom is -0.368 e. The van der Waals surface area contributed by atoms with E-state index in [2.05, 4.69) is 25.3 Å². The van der Waals surface area contributed by atoms with Gasteiger partial charge in [-0.2, -0.15) is 15.0 Å². The molecule has 3 N–H and O–H groups in total. The Bertz CT molecular complexity index is 1080. The highest BCUT2D eigenvalue weighted by atomic mass is 32.2. The molecule has 2 heterocycles. The molecule has 0 spiro atoms. The summed E-state index contributed by atoms with van der Waals surface area (Å²) in [5.74, 6) is 1.23. The molecule has 4 rings (SSSR count). The van der Waals surface area contributed by atoms with E-state index in [1.165, 1.54) is 12.1 Å². The van der Waals surface area contributed by atoms with E-state index in [1.54, 1.807) is 30.1 Å². The van der Waals surface area contributed by atoms with Crippen LogP contribution in [-0.4, -0.2) is 19.9 Å². The van der Waals surface area contributed by atoms with Crippen LogP contribution in [0, 0.1) is 5.82 Å². The average Bonchev–Trinajstić information content (AvgIpc) is 2.68. The zero-order valence-electron chi connectivity index (χ0n) is 14.1. The van der Waals surface area contributed by atoms with E-state index >= 15 is 0 Å². The molecule has 4 aromatic rings. The first-order chi connectivity index (χ1) is 13.2. The lowest BCUT2D eigenvalue weighted by atomic mass is 10.2. The molecule has 2 aromatic heterocycles. The fraction of sp³-hybridized carbons (Fsp3) is 0.0526. The minimum atomic E-state index is -0.308. The Hall–Kier alpha value is -3.26. The molecule has 27 heavy (non-hydrogen) atoms. The largest absolute Gasteiger partial charge is 0.368 e. The monoisotopic (exact) mass is 378 g/mol. The summed E-state index contributed by atoms with van der Waals surface area (Å²) in [7, 11) is 0. The smallest absolute Gasteiger partial charge is 0.232 e. The Labute approximate surface area is 159 Å². The van der Waals surface area contributed by atoms with Crippen LogP contribution in [0.25, 0.3) is 10.9 Å². The highest BCUT2D eigenvalue weighted by Crippen LogP contribution is 2.28. The molecule has 0 bridgehead atoms. The van der Waals surface area contributed by atoms with E-state index in [0.29, 0.717) is 23.2 Å². The zero-order valence-corrected chi connectivity index (χ0v) is 14.9. The summed E-state index contributed by atoms with van der Waals surface area (Å²) in [4.78, 5) is 18.2. The molecule has 0 saturated carbocycles. The van der Waals surface area contributed by atoms with E-state index in [0.717, 1.165) is 15.8 Å². The highest BCUT2D eigenvalue weighted by molar-refractivity contribution is 7.98. The normalized spacial score (nSPS) is 10.9. The second-order valence-corrected chi connectivity index (χ2v) is 6.70. The highest BCUT2D eigenvalue weighted by Gasteiger charge is 2.08. The van der Waals surface area contributed by atoms with Crippen LogP contribution in [0.5, 0.6) is 0 Å². The van der Waals surface area contributed by atoms with Crippen LogP contribution in [0.2, 0.25) is 0 Å². The number of para-hydroxylation sites is 1. The summed E-state index contributed by atoms with van der Waals surface area (Å²) in [5, 5.41) is 4.09. The number of anilines is 3. The van der Waals surface area contributed by atoms with Gasteiger partial charge < -0.3 is 11.1 Å². The van der Waals surface area contributed by atoms with Crippen molar-refractivity contribution in [2.75, 3.05) is 11.1 Å². The van der Waals surface area contributed by atoms with Gasteiger partial charge in [0.25, 0.3) is 0 Å². The molecule has 0 aliphatic carbocycles. The lowest BCUT2D eigenvalue weighted by molar-refractivity contribution is 0.628. The third-order valence-corrected chi connectivity index (χ3v) is 4.83. The number of nitrogens with one attached hydrogen (secondary N) is 1. The Balaban J connectivity index is 1.53. The van der Waals surface area contributed by atoms with Crippen molar-refractivity contribution < 1.29 is 4.39 Å². The number of nitrogens with two attached hydrogens (primary N) is 1. The number of fused-ring (bicyclic) bond motifs is 1. The Morgan fingerprint density at radius 3 is 2.63 bits per heavy atom. The minimum absolute atomic E-state index is 0.129. The summed E-state index contributed by atoms with van der Waals surface area (Å²) in [6, 6.07) is 15.9. The van der Waals surface area contributed by atoms with E-state index in [9.17, 15) is 4.39 Å². The van der Waals surface area contributed by atoms with E-state index in [1.807, 2.05) is 30.3 Å².